The quantitative estimate of drug-likeness (QED) is 0.773. The van der Waals surface area contributed by atoms with Crippen LogP contribution in [0.5, 0.6) is 0 Å². The molecule has 4 heteroatoms. The number of hydrogen-bond donors (Lipinski definition) is 1. The third-order valence-electron chi connectivity index (χ3n) is 3.43. The van der Waals surface area contributed by atoms with Gasteiger partial charge in [0, 0.05) is 37.9 Å². The van der Waals surface area contributed by atoms with Crippen LogP contribution in [0.2, 0.25) is 0 Å². The SMILES string of the molecule is CCC(CC)N(CCN)Cc1ccn(C(C)C)n1. The fourth-order valence-electron chi connectivity index (χ4n) is 2.32. The summed E-state index contributed by atoms with van der Waals surface area (Å²) in [5, 5.41) is 4.62. The minimum atomic E-state index is 0.426. The monoisotopic (exact) mass is 252 g/mol. The van der Waals surface area contributed by atoms with Gasteiger partial charge in [-0.25, -0.2) is 0 Å². The minimum absolute atomic E-state index is 0.426. The van der Waals surface area contributed by atoms with Gasteiger partial charge in [-0.3, -0.25) is 9.58 Å². The van der Waals surface area contributed by atoms with Gasteiger partial charge in [0.25, 0.3) is 0 Å². The Kier molecular flexibility index (Phi) is 6.36. The van der Waals surface area contributed by atoms with Crippen molar-refractivity contribution in [1.82, 2.24) is 14.7 Å². The highest BCUT2D eigenvalue weighted by atomic mass is 15.3. The highest BCUT2D eigenvalue weighted by Gasteiger charge is 2.16. The first-order chi connectivity index (χ1) is 8.62. The summed E-state index contributed by atoms with van der Waals surface area (Å²) < 4.78 is 2.02. The summed E-state index contributed by atoms with van der Waals surface area (Å²) in [4.78, 5) is 2.45. The Morgan fingerprint density at radius 2 is 2.00 bits per heavy atom. The number of nitrogens with zero attached hydrogens (tertiary/aromatic N) is 3. The van der Waals surface area contributed by atoms with Gasteiger partial charge in [-0.2, -0.15) is 5.10 Å². The van der Waals surface area contributed by atoms with Gasteiger partial charge in [0.05, 0.1) is 5.69 Å². The molecule has 0 bridgehead atoms. The molecule has 0 unspecified atom stereocenters. The maximum absolute atomic E-state index is 5.72. The van der Waals surface area contributed by atoms with Crippen molar-refractivity contribution in [1.29, 1.82) is 0 Å². The van der Waals surface area contributed by atoms with Crippen molar-refractivity contribution in [2.45, 2.75) is 59.2 Å². The molecule has 0 atom stereocenters. The highest BCUT2D eigenvalue weighted by Crippen LogP contribution is 2.13. The van der Waals surface area contributed by atoms with Crippen LogP contribution in [-0.4, -0.2) is 33.8 Å². The van der Waals surface area contributed by atoms with Crippen LogP contribution < -0.4 is 5.73 Å². The van der Waals surface area contributed by atoms with E-state index in [9.17, 15) is 0 Å². The minimum Gasteiger partial charge on any atom is -0.329 e. The van der Waals surface area contributed by atoms with E-state index in [2.05, 4.69) is 50.0 Å². The molecular weight excluding hydrogens is 224 g/mol. The smallest absolute Gasteiger partial charge is 0.0765 e. The summed E-state index contributed by atoms with van der Waals surface area (Å²) in [6, 6.07) is 3.15. The second kappa shape index (κ2) is 7.54. The van der Waals surface area contributed by atoms with Gasteiger partial charge in [-0.05, 0) is 32.8 Å². The van der Waals surface area contributed by atoms with E-state index in [1.165, 1.54) is 12.8 Å². The number of aromatic nitrogens is 2. The Labute approximate surface area is 111 Å². The molecule has 4 nitrogen and oxygen atoms in total. The van der Waals surface area contributed by atoms with Crippen molar-refractivity contribution in [3.63, 3.8) is 0 Å². The maximum Gasteiger partial charge on any atom is 0.0765 e. The Balaban J connectivity index is 2.69. The van der Waals surface area contributed by atoms with Gasteiger partial charge >= 0.3 is 0 Å². The fourth-order valence-corrected chi connectivity index (χ4v) is 2.32. The molecular formula is C14H28N4. The van der Waals surface area contributed by atoms with Crippen molar-refractivity contribution >= 4 is 0 Å². The van der Waals surface area contributed by atoms with E-state index in [-0.39, 0.29) is 0 Å². The van der Waals surface area contributed by atoms with Crippen LogP contribution in [0.15, 0.2) is 12.3 Å². The van der Waals surface area contributed by atoms with E-state index in [4.69, 9.17) is 5.73 Å². The van der Waals surface area contributed by atoms with Crippen molar-refractivity contribution in [2.75, 3.05) is 13.1 Å². The summed E-state index contributed by atoms with van der Waals surface area (Å²) in [6.07, 6.45) is 4.40. The van der Waals surface area contributed by atoms with Gasteiger partial charge in [-0.1, -0.05) is 13.8 Å². The predicted octanol–water partition coefficient (Wildman–Crippen LogP) is 2.41. The molecule has 0 spiro atoms. The Hall–Kier alpha value is -0.870. The average Bonchev–Trinajstić information content (AvgIpc) is 2.79. The molecule has 104 valence electrons. The van der Waals surface area contributed by atoms with Crippen LogP contribution >= 0.6 is 0 Å². The summed E-state index contributed by atoms with van der Waals surface area (Å²) in [6.45, 7) is 11.3. The second-order valence-electron chi connectivity index (χ2n) is 5.11. The van der Waals surface area contributed by atoms with Crippen LogP contribution in [0, 0.1) is 0 Å². The Morgan fingerprint density at radius 1 is 1.33 bits per heavy atom. The lowest BCUT2D eigenvalue weighted by Gasteiger charge is -2.29. The molecule has 0 amide bonds. The molecule has 2 N–H and O–H groups in total. The first-order valence-electron chi connectivity index (χ1n) is 7.10. The molecule has 1 aromatic rings. The van der Waals surface area contributed by atoms with E-state index < -0.39 is 0 Å². The Morgan fingerprint density at radius 3 is 2.44 bits per heavy atom. The van der Waals surface area contributed by atoms with Gasteiger partial charge in [-0.15, -0.1) is 0 Å². The average molecular weight is 252 g/mol. The molecule has 1 heterocycles. The van der Waals surface area contributed by atoms with E-state index in [0.29, 0.717) is 18.6 Å². The maximum atomic E-state index is 5.72. The van der Waals surface area contributed by atoms with E-state index >= 15 is 0 Å². The third-order valence-corrected chi connectivity index (χ3v) is 3.43. The highest BCUT2D eigenvalue weighted by molar-refractivity contribution is 5.00. The third kappa shape index (κ3) is 4.10. The lowest BCUT2D eigenvalue weighted by Crippen LogP contribution is -2.37. The summed E-state index contributed by atoms with van der Waals surface area (Å²) >= 11 is 0. The van der Waals surface area contributed by atoms with Gasteiger partial charge < -0.3 is 5.73 Å². The standard InChI is InChI=1S/C14H28N4/c1-5-14(6-2)17(10-8-15)11-13-7-9-18(16-13)12(3)4/h7,9,12,14H,5-6,8,10-11,15H2,1-4H3. The van der Waals surface area contributed by atoms with E-state index in [1.54, 1.807) is 0 Å². The molecule has 0 aliphatic rings. The van der Waals surface area contributed by atoms with Crippen molar-refractivity contribution in [2.24, 2.45) is 5.73 Å². The lowest BCUT2D eigenvalue weighted by atomic mass is 10.1. The van der Waals surface area contributed by atoms with E-state index in [0.717, 1.165) is 18.8 Å². The number of nitrogens with two attached hydrogens (primary N) is 1. The van der Waals surface area contributed by atoms with Crippen molar-refractivity contribution < 1.29 is 0 Å². The van der Waals surface area contributed by atoms with Crippen LogP contribution in [0.3, 0.4) is 0 Å². The molecule has 0 saturated heterocycles. The summed E-state index contributed by atoms with van der Waals surface area (Å²) in [5.41, 5.74) is 6.86. The molecule has 0 saturated carbocycles. The van der Waals surface area contributed by atoms with E-state index in [1.807, 2.05) is 4.68 Å². The molecule has 0 aliphatic heterocycles. The largest absolute Gasteiger partial charge is 0.329 e. The zero-order valence-electron chi connectivity index (χ0n) is 12.3. The number of hydrogen-bond acceptors (Lipinski definition) is 3. The first-order valence-corrected chi connectivity index (χ1v) is 7.10. The molecule has 0 radical (unpaired) electrons. The van der Waals surface area contributed by atoms with Crippen molar-refractivity contribution in [3.8, 4) is 0 Å². The van der Waals surface area contributed by atoms with Gasteiger partial charge in [0.15, 0.2) is 0 Å². The Bertz CT molecular complexity index is 328. The van der Waals surface area contributed by atoms with Crippen LogP contribution in [0.1, 0.15) is 52.3 Å². The predicted molar refractivity (Wildman–Crippen MR) is 76.4 cm³/mol. The summed E-state index contributed by atoms with van der Waals surface area (Å²) in [7, 11) is 0. The second-order valence-corrected chi connectivity index (χ2v) is 5.11. The topological polar surface area (TPSA) is 47.1 Å². The molecule has 0 aromatic carbocycles. The van der Waals surface area contributed by atoms with Crippen LogP contribution in [-0.2, 0) is 6.54 Å². The van der Waals surface area contributed by atoms with Crippen molar-refractivity contribution in [3.05, 3.63) is 18.0 Å². The van der Waals surface area contributed by atoms with Crippen LogP contribution in [0.25, 0.3) is 0 Å². The summed E-state index contributed by atoms with van der Waals surface area (Å²) in [5.74, 6) is 0. The molecule has 0 aliphatic carbocycles. The normalized spacial score (nSPS) is 12.0. The first kappa shape index (κ1) is 15.2. The number of rotatable bonds is 8. The molecule has 1 rings (SSSR count). The van der Waals surface area contributed by atoms with Crippen LogP contribution in [0.4, 0.5) is 0 Å². The van der Waals surface area contributed by atoms with Gasteiger partial charge in [0.2, 0.25) is 0 Å². The lowest BCUT2D eigenvalue weighted by molar-refractivity contribution is 0.179. The molecule has 18 heavy (non-hydrogen) atoms. The van der Waals surface area contributed by atoms with Gasteiger partial charge in [0.1, 0.15) is 0 Å². The molecule has 1 aromatic heterocycles. The molecule has 0 fully saturated rings. The zero-order valence-corrected chi connectivity index (χ0v) is 12.3. The zero-order chi connectivity index (χ0) is 13.5. The fraction of sp³-hybridized carbons (Fsp3) is 0.786.